The Morgan fingerprint density at radius 2 is 2.14 bits per heavy atom. The van der Waals surface area contributed by atoms with Gasteiger partial charge in [0.1, 0.15) is 5.82 Å². The number of aromatic nitrogens is 2. The van der Waals surface area contributed by atoms with Crippen LogP contribution in [0.4, 0.5) is 10.1 Å². The number of halogens is 1. The van der Waals surface area contributed by atoms with Crippen LogP contribution in [-0.4, -0.2) is 22.2 Å². The van der Waals surface area contributed by atoms with E-state index in [9.17, 15) is 9.18 Å². The first-order valence-corrected chi connectivity index (χ1v) is 6.81. The molecule has 0 aliphatic carbocycles. The summed E-state index contributed by atoms with van der Waals surface area (Å²) < 4.78 is 14.9. The Kier molecular flexibility index (Phi) is 4.57. The Morgan fingerprint density at radius 1 is 1.38 bits per heavy atom. The van der Waals surface area contributed by atoms with Crippen LogP contribution in [-0.2, 0) is 6.54 Å². The van der Waals surface area contributed by atoms with Crippen LogP contribution in [0.5, 0.6) is 0 Å². The zero-order chi connectivity index (χ0) is 15.4. The van der Waals surface area contributed by atoms with Crippen molar-refractivity contribution in [2.45, 2.75) is 26.8 Å². The number of carbonyl (C=O) groups is 1. The number of nitrogens with one attached hydrogen (secondary N) is 1. The van der Waals surface area contributed by atoms with Crippen LogP contribution in [0.25, 0.3) is 0 Å². The fraction of sp³-hybridized carbons (Fsp3) is 0.333. The molecule has 1 amide bonds. The van der Waals surface area contributed by atoms with E-state index in [2.05, 4.69) is 10.4 Å². The molecule has 0 spiro atoms. The van der Waals surface area contributed by atoms with Crippen LogP contribution >= 0.6 is 0 Å². The molecule has 21 heavy (non-hydrogen) atoms. The molecule has 1 heterocycles. The van der Waals surface area contributed by atoms with Crippen molar-refractivity contribution in [1.29, 1.82) is 0 Å². The lowest BCUT2D eigenvalue weighted by Crippen LogP contribution is -2.25. The predicted molar refractivity (Wildman–Crippen MR) is 79.5 cm³/mol. The largest absolute Gasteiger partial charge is 0.396 e. The van der Waals surface area contributed by atoms with Crippen LogP contribution in [0.1, 0.15) is 28.2 Å². The first-order chi connectivity index (χ1) is 9.97. The number of nitrogens with zero attached hydrogens (tertiary/aromatic N) is 2. The van der Waals surface area contributed by atoms with E-state index in [1.54, 1.807) is 0 Å². The maximum absolute atomic E-state index is 13.0. The molecule has 3 N–H and O–H groups in total. The maximum Gasteiger partial charge on any atom is 0.251 e. The summed E-state index contributed by atoms with van der Waals surface area (Å²) in [4.78, 5) is 11.9. The molecule has 6 heteroatoms. The van der Waals surface area contributed by atoms with E-state index in [0.29, 0.717) is 12.1 Å². The van der Waals surface area contributed by atoms with Gasteiger partial charge in [-0.05, 0) is 44.5 Å². The SMILES string of the molecule is Cc1cc(C)n(CCCNC(=O)c2ccc(F)c(N)c2)n1. The second-order valence-electron chi connectivity index (χ2n) is 5.00. The van der Waals surface area contributed by atoms with E-state index < -0.39 is 5.82 Å². The fourth-order valence-electron chi connectivity index (χ4n) is 2.12. The van der Waals surface area contributed by atoms with Crippen molar-refractivity contribution in [3.8, 4) is 0 Å². The number of amides is 1. The van der Waals surface area contributed by atoms with Gasteiger partial charge < -0.3 is 11.1 Å². The molecular weight excluding hydrogens is 271 g/mol. The van der Waals surface area contributed by atoms with Gasteiger partial charge in [-0.2, -0.15) is 5.10 Å². The molecule has 0 atom stereocenters. The van der Waals surface area contributed by atoms with Crippen LogP contribution < -0.4 is 11.1 Å². The third-order valence-electron chi connectivity index (χ3n) is 3.19. The Morgan fingerprint density at radius 3 is 2.76 bits per heavy atom. The topological polar surface area (TPSA) is 72.9 Å². The van der Waals surface area contributed by atoms with Crippen molar-refractivity contribution in [1.82, 2.24) is 15.1 Å². The van der Waals surface area contributed by atoms with Gasteiger partial charge in [0, 0.05) is 24.3 Å². The first kappa shape index (κ1) is 15.0. The van der Waals surface area contributed by atoms with Crippen LogP contribution in [0.15, 0.2) is 24.3 Å². The summed E-state index contributed by atoms with van der Waals surface area (Å²) in [6.07, 6.45) is 0.768. The number of hydrogen-bond acceptors (Lipinski definition) is 3. The fourth-order valence-corrected chi connectivity index (χ4v) is 2.12. The van der Waals surface area contributed by atoms with E-state index in [1.165, 1.54) is 18.2 Å². The van der Waals surface area contributed by atoms with Gasteiger partial charge in [-0.3, -0.25) is 9.48 Å². The summed E-state index contributed by atoms with van der Waals surface area (Å²) in [5.41, 5.74) is 7.87. The molecule has 0 unspecified atom stereocenters. The second kappa shape index (κ2) is 6.39. The Hall–Kier alpha value is -2.37. The number of aryl methyl sites for hydroxylation is 3. The molecule has 0 aliphatic heterocycles. The molecule has 2 rings (SSSR count). The minimum atomic E-state index is -0.518. The lowest BCUT2D eigenvalue weighted by Gasteiger charge is -2.07. The summed E-state index contributed by atoms with van der Waals surface area (Å²) in [6.45, 7) is 5.21. The van der Waals surface area contributed by atoms with Crippen LogP contribution in [0.2, 0.25) is 0 Å². The molecule has 112 valence electrons. The average Bonchev–Trinajstić information content (AvgIpc) is 2.76. The van der Waals surface area contributed by atoms with Crippen molar-refractivity contribution >= 4 is 11.6 Å². The molecular formula is C15H19FN4O. The van der Waals surface area contributed by atoms with Gasteiger partial charge in [0.15, 0.2) is 0 Å². The number of nitrogen functional groups attached to an aromatic ring is 1. The minimum absolute atomic E-state index is 0.0229. The summed E-state index contributed by atoms with van der Waals surface area (Å²) in [5.74, 6) is -0.772. The molecule has 0 saturated carbocycles. The number of rotatable bonds is 5. The number of anilines is 1. The average molecular weight is 290 g/mol. The third kappa shape index (κ3) is 3.81. The molecule has 0 aliphatic rings. The minimum Gasteiger partial charge on any atom is -0.396 e. The highest BCUT2D eigenvalue weighted by Gasteiger charge is 2.07. The zero-order valence-corrected chi connectivity index (χ0v) is 12.2. The molecule has 0 fully saturated rings. The van der Waals surface area contributed by atoms with Crippen molar-refractivity contribution in [2.75, 3.05) is 12.3 Å². The Bertz CT molecular complexity index is 651. The molecule has 0 bridgehead atoms. The van der Waals surface area contributed by atoms with Crippen molar-refractivity contribution < 1.29 is 9.18 Å². The van der Waals surface area contributed by atoms with Gasteiger partial charge in [0.25, 0.3) is 5.91 Å². The lowest BCUT2D eigenvalue weighted by molar-refractivity contribution is 0.0952. The smallest absolute Gasteiger partial charge is 0.251 e. The Labute approximate surface area is 123 Å². The van der Waals surface area contributed by atoms with Gasteiger partial charge in [-0.15, -0.1) is 0 Å². The normalized spacial score (nSPS) is 10.6. The highest BCUT2D eigenvalue weighted by atomic mass is 19.1. The number of benzene rings is 1. The second-order valence-corrected chi connectivity index (χ2v) is 5.00. The third-order valence-corrected chi connectivity index (χ3v) is 3.19. The molecule has 5 nitrogen and oxygen atoms in total. The monoisotopic (exact) mass is 290 g/mol. The number of hydrogen-bond donors (Lipinski definition) is 2. The van der Waals surface area contributed by atoms with Gasteiger partial charge in [0.05, 0.1) is 11.4 Å². The van der Waals surface area contributed by atoms with Gasteiger partial charge in [0.2, 0.25) is 0 Å². The van der Waals surface area contributed by atoms with Crippen molar-refractivity contribution in [3.63, 3.8) is 0 Å². The van der Waals surface area contributed by atoms with E-state index in [4.69, 9.17) is 5.73 Å². The number of carbonyl (C=O) groups excluding carboxylic acids is 1. The van der Waals surface area contributed by atoms with Crippen molar-refractivity contribution in [2.24, 2.45) is 0 Å². The summed E-state index contributed by atoms with van der Waals surface area (Å²) >= 11 is 0. The zero-order valence-electron chi connectivity index (χ0n) is 12.2. The van der Waals surface area contributed by atoms with E-state index in [-0.39, 0.29) is 11.6 Å². The molecule has 0 radical (unpaired) electrons. The van der Waals surface area contributed by atoms with E-state index >= 15 is 0 Å². The summed E-state index contributed by atoms with van der Waals surface area (Å²) in [6, 6.07) is 5.97. The highest BCUT2D eigenvalue weighted by Crippen LogP contribution is 2.12. The molecule has 1 aromatic heterocycles. The van der Waals surface area contributed by atoms with Gasteiger partial charge in [-0.1, -0.05) is 0 Å². The quantitative estimate of drug-likeness (QED) is 0.654. The van der Waals surface area contributed by atoms with E-state index in [1.807, 2.05) is 24.6 Å². The van der Waals surface area contributed by atoms with Crippen LogP contribution in [0.3, 0.4) is 0 Å². The van der Waals surface area contributed by atoms with Gasteiger partial charge >= 0.3 is 0 Å². The molecule has 2 aromatic rings. The first-order valence-electron chi connectivity index (χ1n) is 6.81. The van der Waals surface area contributed by atoms with Crippen molar-refractivity contribution in [3.05, 3.63) is 47.0 Å². The summed E-state index contributed by atoms with van der Waals surface area (Å²) in [5, 5.41) is 7.14. The van der Waals surface area contributed by atoms with E-state index in [0.717, 1.165) is 24.4 Å². The Balaban J connectivity index is 1.81. The lowest BCUT2D eigenvalue weighted by atomic mass is 10.2. The predicted octanol–water partition coefficient (Wildman–Crippen LogP) is 2.04. The molecule has 0 saturated heterocycles. The summed E-state index contributed by atoms with van der Waals surface area (Å²) in [7, 11) is 0. The standard InChI is InChI=1S/C15H19FN4O/c1-10-8-11(2)20(19-10)7-3-6-18-15(21)12-4-5-13(16)14(17)9-12/h4-5,8-9H,3,6-7,17H2,1-2H3,(H,18,21). The van der Waals surface area contributed by atoms with Gasteiger partial charge in [-0.25, -0.2) is 4.39 Å². The molecule has 1 aromatic carbocycles. The van der Waals surface area contributed by atoms with Crippen LogP contribution in [0, 0.1) is 19.7 Å². The number of nitrogens with two attached hydrogens (primary N) is 1. The maximum atomic E-state index is 13.0. The highest BCUT2D eigenvalue weighted by molar-refractivity contribution is 5.94.